The van der Waals surface area contributed by atoms with Gasteiger partial charge in [-0.25, -0.2) is 12.8 Å². The summed E-state index contributed by atoms with van der Waals surface area (Å²) in [6.45, 7) is -0.845. The van der Waals surface area contributed by atoms with Gasteiger partial charge in [0, 0.05) is 4.90 Å². The van der Waals surface area contributed by atoms with Crippen LogP contribution in [0.5, 0.6) is 0 Å². The molecule has 0 atom stereocenters. The zero-order valence-corrected chi connectivity index (χ0v) is 19.8. The summed E-state index contributed by atoms with van der Waals surface area (Å²) < 4.78 is 80.3. The Labute approximate surface area is 202 Å². The first kappa shape index (κ1) is 25.9. The number of nitrogens with one attached hydrogen (secondary N) is 1. The van der Waals surface area contributed by atoms with Crippen LogP contribution >= 0.6 is 23.4 Å². The third-order valence-electron chi connectivity index (χ3n) is 4.60. The van der Waals surface area contributed by atoms with Crippen LogP contribution in [0.4, 0.5) is 28.9 Å². The minimum Gasteiger partial charge on any atom is -0.323 e. The highest BCUT2D eigenvalue weighted by Crippen LogP contribution is 2.34. The summed E-state index contributed by atoms with van der Waals surface area (Å²) in [6.07, 6.45) is -2.87. The number of benzene rings is 3. The third-order valence-corrected chi connectivity index (χ3v) is 7.46. The predicted octanol–water partition coefficient (Wildman–Crippen LogP) is 6.05. The van der Waals surface area contributed by atoms with Crippen LogP contribution in [0.15, 0.2) is 76.5 Å². The van der Waals surface area contributed by atoms with Crippen molar-refractivity contribution < 1.29 is 30.8 Å². The number of rotatable bonds is 7. The lowest BCUT2D eigenvalue weighted by atomic mass is 10.2. The van der Waals surface area contributed by atoms with Crippen LogP contribution in [0.3, 0.4) is 0 Å². The maximum atomic E-state index is 13.9. The Morgan fingerprint density at radius 2 is 1.74 bits per heavy atom. The first-order valence-electron chi connectivity index (χ1n) is 9.51. The van der Waals surface area contributed by atoms with Crippen molar-refractivity contribution >= 4 is 50.7 Å². The van der Waals surface area contributed by atoms with Crippen molar-refractivity contribution in [3.8, 4) is 0 Å². The fourth-order valence-corrected chi connectivity index (χ4v) is 4.92. The summed E-state index contributed by atoms with van der Waals surface area (Å²) in [4.78, 5) is 13.4. The topological polar surface area (TPSA) is 66.5 Å². The van der Waals surface area contributed by atoms with Gasteiger partial charge in [-0.05, 0) is 66.9 Å². The van der Waals surface area contributed by atoms with E-state index in [1.54, 1.807) is 12.1 Å². The van der Waals surface area contributed by atoms with Gasteiger partial charge in [-0.3, -0.25) is 9.10 Å². The number of carbonyl (C=O) groups is 1. The van der Waals surface area contributed by atoms with E-state index in [4.69, 9.17) is 11.6 Å². The molecule has 0 unspecified atom stereocenters. The Hall–Kier alpha value is -2.76. The molecule has 0 heterocycles. The van der Waals surface area contributed by atoms with Crippen molar-refractivity contribution in [1.29, 1.82) is 0 Å². The van der Waals surface area contributed by atoms with Gasteiger partial charge in [-0.15, -0.1) is 11.8 Å². The van der Waals surface area contributed by atoms with Gasteiger partial charge in [0.15, 0.2) is 0 Å². The van der Waals surface area contributed by atoms with E-state index in [2.05, 4.69) is 5.32 Å². The van der Waals surface area contributed by atoms with Crippen molar-refractivity contribution in [3.63, 3.8) is 0 Å². The molecule has 0 aromatic heterocycles. The van der Waals surface area contributed by atoms with E-state index >= 15 is 0 Å². The maximum Gasteiger partial charge on any atom is 0.416 e. The number of anilines is 2. The average Bonchev–Trinajstić information content (AvgIpc) is 2.78. The second kappa shape index (κ2) is 10.2. The molecule has 0 aliphatic carbocycles. The van der Waals surface area contributed by atoms with E-state index in [0.29, 0.717) is 10.4 Å². The lowest BCUT2D eigenvalue weighted by Crippen LogP contribution is -2.38. The van der Waals surface area contributed by atoms with Crippen LogP contribution in [0.1, 0.15) is 5.56 Å². The molecule has 0 saturated carbocycles. The van der Waals surface area contributed by atoms with E-state index in [-0.39, 0.29) is 21.3 Å². The van der Waals surface area contributed by atoms with Gasteiger partial charge < -0.3 is 5.32 Å². The third kappa shape index (κ3) is 6.02. The highest BCUT2D eigenvalue weighted by atomic mass is 35.5. The highest BCUT2D eigenvalue weighted by Gasteiger charge is 2.32. The van der Waals surface area contributed by atoms with E-state index < -0.39 is 40.0 Å². The second-order valence-electron chi connectivity index (χ2n) is 6.91. The van der Waals surface area contributed by atoms with Crippen molar-refractivity contribution in [2.45, 2.75) is 16.0 Å². The van der Waals surface area contributed by atoms with Gasteiger partial charge in [0.05, 0.1) is 26.9 Å². The normalized spacial score (nSPS) is 11.8. The van der Waals surface area contributed by atoms with Crippen LogP contribution in [0.25, 0.3) is 0 Å². The number of thioether (sulfide) groups is 1. The van der Waals surface area contributed by atoms with E-state index in [9.17, 15) is 30.8 Å². The molecular weight excluding hydrogens is 516 g/mol. The van der Waals surface area contributed by atoms with Crippen LogP contribution in [0, 0.1) is 5.82 Å². The quantitative estimate of drug-likeness (QED) is 0.297. The summed E-state index contributed by atoms with van der Waals surface area (Å²) in [5, 5.41) is 2.03. The Morgan fingerprint density at radius 3 is 2.32 bits per heavy atom. The van der Waals surface area contributed by atoms with Crippen LogP contribution < -0.4 is 9.62 Å². The summed E-state index contributed by atoms with van der Waals surface area (Å²) in [5.41, 5.74) is -1.53. The Bertz CT molecular complexity index is 1300. The smallest absolute Gasteiger partial charge is 0.323 e. The summed E-state index contributed by atoms with van der Waals surface area (Å²) in [5.74, 6) is -1.72. The number of amides is 1. The molecule has 0 saturated heterocycles. The fraction of sp³-hybridized carbons (Fsp3) is 0.136. The lowest BCUT2D eigenvalue weighted by Gasteiger charge is -2.24. The molecule has 0 spiro atoms. The van der Waals surface area contributed by atoms with Gasteiger partial charge in [0.1, 0.15) is 12.4 Å². The van der Waals surface area contributed by atoms with Crippen molar-refractivity contribution in [2.75, 3.05) is 22.4 Å². The summed E-state index contributed by atoms with van der Waals surface area (Å²) in [7, 11) is -4.34. The number of alkyl halides is 3. The lowest BCUT2D eigenvalue weighted by molar-refractivity contribution is -0.137. The van der Waals surface area contributed by atoms with Gasteiger partial charge in [-0.2, -0.15) is 13.2 Å². The predicted molar refractivity (Wildman–Crippen MR) is 124 cm³/mol. The number of hydrogen-bond acceptors (Lipinski definition) is 4. The molecule has 1 N–H and O–H groups in total. The standard InChI is InChI=1S/C22H17ClF4N2O3S2/c1-33-17-6-8-18(9-7-17)34(31,32)29(16-4-2-3-15(24)12-16)13-21(30)28-20-11-14(22(25,26)27)5-10-19(20)23/h2-12H,13H2,1H3,(H,28,30). The average molecular weight is 533 g/mol. The minimum atomic E-state index is -4.68. The molecule has 0 radical (unpaired) electrons. The number of sulfonamides is 1. The summed E-state index contributed by atoms with van der Waals surface area (Å²) >= 11 is 7.31. The first-order chi connectivity index (χ1) is 15.9. The molecule has 0 aliphatic heterocycles. The molecule has 180 valence electrons. The molecule has 1 amide bonds. The van der Waals surface area contributed by atoms with Gasteiger partial charge in [0.25, 0.3) is 10.0 Å². The number of halogens is 5. The van der Waals surface area contributed by atoms with Crippen molar-refractivity contribution in [3.05, 3.63) is 83.1 Å². The molecule has 34 heavy (non-hydrogen) atoms. The van der Waals surface area contributed by atoms with Gasteiger partial charge in [-0.1, -0.05) is 17.7 Å². The second-order valence-corrected chi connectivity index (χ2v) is 10.1. The molecule has 0 aliphatic rings. The minimum absolute atomic E-state index is 0.140. The largest absolute Gasteiger partial charge is 0.416 e. The van der Waals surface area contributed by atoms with E-state index in [1.165, 1.54) is 36.0 Å². The Balaban J connectivity index is 1.96. The molecular formula is C22H17ClF4N2O3S2. The van der Waals surface area contributed by atoms with Crippen LogP contribution in [-0.4, -0.2) is 27.1 Å². The monoisotopic (exact) mass is 532 g/mol. The fourth-order valence-electron chi connectivity index (χ4n) is 2.94. The highest BCUT2D eigenvalue weighted by molar-refractivity contribution is 7.98. The van der Waals surface area contributed by atoms with E-state index in [0.717, 1.165) is 29.2 Å². The van der Waals surface area contributed by atoms with Gasteiger partial charge in [0.2, 0.25) is 5.91 Å². The zero-order valence-electron chi connectivity index (χ0n) is 17.4. The van der Waals surface area contributed by atoms with Gasteiger partial charge >= 0.3 is 6.18 Å². The Kier molecular flexibility index (Phi) is 7.79. The molecule has 5 nitrogen and oxygen atoms in total. The Morgan fingerprint density at radius 1 is 1.06 bits per heavy atom. The molecule has 3 aromatic rings. The molecule has 12 heteroatoms. The van der Waals surface area contributed by atoms with Crippen molar-refractivity contribution in [2.24, 2.45) is 0 Å². The number of hydrogen-bond donors (Lipinski definition) is 1. The first-order valence-corrected chi connectivity index (χ1v) is 12.5. The molecule has 3 aromatic carbocycles. The van der Waals surface area contributed by atoms with E-state index in [1.807, 2.05) is 6.26 Å². The molecule has 3 rings (SSSR count). The molecule has 0 bridgehead atoms. The maximum absolute atomic E-state index is 13.9. The summed E-state index contributed by atoms with van der Waals surface area (Å²) in [6, 6.07) is 12.8. The van der Waals surface area contributed by atoms with Crippen molar-refractivity contribution in [1.82, 2.24) is 0 Å². The molecule has 0 fully saturated rings. The SMILES string of the molecule is CSc1ccc(S(=O)(=O)N(CC(=O)Nc2cc(C(F)(F)F)ccc2Cl)c2cccc(F)c2)cc1. The number of nitrogens with zero attached hydrogens (tertiary/aromatic N) is 1. The van der Waals surface area contributed by atoms with Crippen LogP contribution in [0.2, 0.25) is 5.02 Å². The van der Waals surface area contributed by atoms with Crippen LogP contribution in [-0.2, 0) is 21.0 Å². The zero-order chi connectivity index (χ0) is 25.1. The number of carbonyl (C=O) groups excluding carboxylic acids is 1.